The van der Waals surface area contributed by atoms with Crippen molar-refractivity contribution in [3.8, 4) is 0 Å². The summed E-state index contributed by atoms with van der Waals surface area (Å²) in [5.41, 5.74) is 4.20. The number of nitrogen functional groups attached to an aromatic ring is 1. The van der Waals surface area contributed by atoms with E-state index in [-0.39, 0.29) is 23.3 Å². The van der Waals surface area contributed by atoms with Crippen LogP contribution in [0.1, 0.15) is 25.3 Å². The Balaban J connectivity index is 2.07. The highest BCUT2D eigenvalue weighted by Crippen LogP contribution is 2.37. The number of hydrogen-bond donors (Lipinski definition) is 2. The third-order valence-corrected chi connectivity index (χ3v) is 4.75. The maximum Gasteiger partial charge on any atom is 0.350 e. The van der Waals surface area contributed by atoms with Crippen molar-refractivity contribution in [1.29, 1.82) is 0 Å². The topological polar surface area (TPSA) is 99.3 Å². The number of nitrogens with zero attached hydrogens (tertiary/aromatic N) is 3. The van der Waals surface area contributed by atoms with Gasteiger partial charge in [0.15, 0.2) is 11.6 Å². The lowest BCUT2D eigenvalue weighted by Gasteiger charge is -2.21. The van der Waals surface area contributed by atoms with E-state index in [1.807, 2.05) is 0 Å². The Labute approximate surface area is 135 Å². The second-order valence-corrected chi connectivity index (χ2v) is 6.47. The van der Waals surface area contributed by atoms with E-state index in [4.69, 9.17) is 11.6 Å². The minimum Gasteiger partial charge on any atom is -0.367 e. The highest BCUT2D eigenvalue weighted by atomic mass is 19.2. The number of fused-ring (bicyclic) bond motifs is 1. The molecule has 9 heteroatoms. The Morgan fingerprint density at radius 2 is 1.83 bits per heavy atom. The van der Waals surface area contributed by atoms with Crippen molar-refractivity contribution in [1.82, 2.24) is 9.24 Å². The Hall–Kier alpha value is -2.42. The zero-order chi connectivity index (χ0) is 17.2. The van der Waals surface area contributed by atoms with Crippen molar-refractivity contribution in [2.45, 2.75) is 31.3 Å². The molecule has 1 aromatic carbocycles. The number of aromatic nitrogens is 2. The fourth-order valence-electron chi connectivity index (χ4n) is 3.34. The molecule has 1 aromatic heterocycles. The summed E-state index contributed by atoms with van der Waals surface area (Å²) in [4.78, 5) is 26.1. The molecule has 2 heterocycles. The number of hydrogen-bond acceptors (Lipinski definition) is 5. The molecular formula is C15H17F2N5O2. The van der Waals surface area contributed by atoms with Gasteiger partial charge in [0.05, 0.1) is 11.2 Å². The van der Waals surface area contributed by atoms with E-state index in [0.29, 0.717) is 24.2 Å². The van der Waals surface area contributed by atoms with Gasteiger partial charge in [0.1, 0.15) is 5.39 Å². The largest absolute Gasteiger partial charge is 0.367 e. The fourth-order valence-corrected chi connectivity index (χ4v) is 3.34. The van der Waals surface area contributed by atoms with Gasteiger partial charge in [-0.05, 0) is 25.3 Å². The predicted octanol–water partition coefficient (Wildman–Crippen LogP) is 0.0275. The summed E-state index contributed by atoms with van der Waals surface area (Å²) in [6.45, 7) is 0.883. The Kier molecular flexibility index (Phi) is 3.17. The van der Waals surface area contributed by atoms with Gasteiger partial charge in [-0.25, -0.2) is 13.6 Å². The molecule has 1 saturated heterocycles. The van der Waals surface area contributed by atoms with E-state index in [9.17, 15) is 18.4 Å². The second kappa shape index (κ2) is 5.04. The van der Waals surface area contributed by atoms with Crippen LogP contribution in [0.2, 0.25) is 0 Å². The highest BCUT2D eigenvalue weighted by molar-refractivity contribution is 5.83. The third kappa shape index (κ3) is 2.04. The molecular weight excluding hydrogens is 320 g/mol. The van der Waals surface area contributed by atoms with Crippen molar-refractivity contribution in [3.63, 3.8) is 0 Å². The average Bonchev–Trinajstić information content (AvgIpc) is 3.29. The van der Waals surface area contributed by atoms with Crippen molar-refractivity contribution in [2.24, 2.45) is 5.73 Å². The Bertz CT molecular complexity index is 963. The van der Waals surface area contributed by atoms with Gasteiger partial charge in [-0.3, -0.25) is 9.36 Å². The molecule has 0 radical (unpaired) electrons. The van der Waals surface area contributed by atoms with E-state index in [1.165, 1.54) is 10.6 Å². The predicted molar refractivity (Wildman–Crippen MR) is 85.6 cm³/mol. The maximum atomic E-state index is 14.6. The average molecular weight is 337 g/mol. The van der Waals surface area contributed by atoms with Gasteiger partial charge in [-0.1, -0.05) is 0 Å². The molecule has 0 bridgehead atoms. The van der Waals surface area contributed by atoms with Gasteiger partial charge in [-0.15, -0.1) is 0 Å². The third-order valence-electron chi connectivity index (χ3n) is 4.75. The summed E-state index contributed by atoms with van der Waals surface area (Å²) in [5, 5.41) is -0.492. The first-order valence-corrected chi connectivity index (χ1v) is 7.85. The first-order chi connectivity index (χ1) is 11.4. The van der Waals surface area contributed by atoms with Crippen LogP contribution in [-0.4, -0.2) is 28.4 Å². The molecule has 24 heavy (non-hydrogen) atoms. The Morgan fingerprint density at radius 3 is 2.42 bits per heavy atom. The van der Waals surface area contributed by atoms with Crippen LogP contribution < -0.4 is 27.7 Å². The summed E-state index contributed by atoms with van der Waals surface area (Å²) in [6.07, 6.45) is 2.13. The molecule has 4 rings (SSSR count). The van der Waals surface area contributed by atoms with Crippen LogP contribution in [-0.2, 0) is 0 Å². The first kappa shape index (κ1) is 15.1. The SMILES string of the molecule is N[C@H]1CCN(c2cc3c(c(F)c2F)c(=O)n(N)c(=O)n3C2CC2)C1. The quantitative estimate of drug-likeness (QED) is 0.753. The second-order valence-electron chi connectivity index (χ2n) is 6.47. The van der Waals surface area contributed by atoms with Crippen LogP contribution >= 0.6 is 0 Å². The van der Waals surface area contributed by atoms with Crippen molar-refractivity contribution in [2.75, 3.05) is 23.8 Å². The van der Waals surface area contributed by atoms with Crippen LogP contribution in [0.15, 0.2) is 15.7 Å². The van der Waals surface area contributed by atoms with Gasteiger partial charge < -0.3 is 16.5 Å². The number of benzene rings is 1. The lowest BCUT2D eigenvalue weighted by atomic mass is 10.1. The molecule has 2 fully saturated rings. The summed E-state index contributed by atoms with van der Waals surface area (Å²) in [5.74, 6) is 3.07. The Morgan fingerprint density at radius 1 is 1.12 bits per heavy atom. The molecule has 2 aromatic rings. The van der Waals surface area contributed by atoms with Gasteiger partial charge in [-0.2, -0.15) is 4.68 Å². The van der Waals surface area contributed by atoms with Crippen molar-refractivity contribution in [3.05, 3.63) is 38.5 Å². The zero-order valence-electron chi connectivity index (χ0n) is 12.8. The monoisotopic (exact) mass is 337 g/mol. The van der Waals surface area contributed by atoms with Crippen molar-refractivity contribution < 1.29 is 8.78 Å². The van der Waals surface area contributed by atoms with E-state index < -0.39 is 28.3 Å². The van der Waals surface area contributed by atoms with Gasteiger partial charge >= 0.3 is 5.69 Å². The molecule has 128 valence electrons. The molecule has 2 aliphatic rings. The first-order valence-electron chi connectivity index (χ1n) is 7.85. The van der Waals surface area contributed by atoms with Crippen LogP contribution in [0.5, 0.6) is 0 Å². The molecule has 0 spiro atoms. The number of halogens is 2. The smallest absolute Gasteiger partial charge is 0.350 e. The molecule has 0 amide bonds. The van der Waals surface area contributed by atoms with Crippen LogP contribution in [0.4, 0.5) is 14.5 Å². The zero-order valence-corrected chi connectivity index (χ0v) is 12.8. The lowest BCUT2D eigenvalue weighted by Crippen LogP contribution is -2.45. The molecule has 1 saturated carbocycles. The molecule has 7 nitrogen and oxygen atoms in total. The van der Waals surface area contributed by atoms with E-state index in [0.717, 1.165) is 12.8 Å². The van der Waals surface area contributed by atoms with Crippen LogP contribution in [0, 0.1) is 11.6 Å². The van der Waals surface area contributed by atoms with Crippen LogP contribution in [0.3, 0.4) is 0 Å². The van der Waals surface area contributed by atoms with E-state index in [1.54, 1.807) is 4.90 Å². The maximum absolute atomic E-state index is 14.6. The number of nitrogens with two attached hydrogens (primary N) is 2. The minimum atomic E-state index is -1.28. The summed E-state index contributed by atoms with van der Waals surface area (Å²) >= 11 is 0. The summed E-state index contributed by atoms with van der Waals surface area (Å²) in [6, 6.07) is 1.10. The molecule has 4 N–H and O–H groups in total. The lowest BCUT2D eigenvalue weighted by molar-refractivity contribution is 0.512. The van der Waals surface area contributed by atoms with Gasteiger partial charge in [0.2, 0.25) is 0 Å². The standard InChI is InChI=1S/C15H17F2N5O2/c16-12-10(20-4-3-7(18)6-20)5-9-11(13(12)17)14(23)22(19)15(24)21(9)8-1-2-8/h5,7-8H,1-4,6,18-19H2/t7-/m0/s1. The molecule has 1 aliphatic carbocycles. The molecule has 0 unspecified atom stereocenters. The molecule has 1 atom stereocenters. The van der Waals surface area contributed by atoms with E-state index in [2.05, 4.69) is 0 Å². The normalized spacial score (nSPS) is 21.0. The van der Waals surface area contributed by atoms with Gasteiger partial charge in [0, 0.05) is 25.2 Å². The summed E-state index contributed by atoms with van der Waals surface area (Å²) in [7, 11) is 0. The minimum absolute atomic E-state index is 0.0240. The number of rotatable bonds is 2. The van der Waals surface area contributed by atoms with Crippen molar-refractivity contribution >= 4 is 16.6 Å². The van der Waals surface area contributed by atoms with E-state index >= 15 is 0 Å². The number of anilines is 1. The van der Waals surface area contributed by atoms with Crippen LogP contribution in [0.25, 0.3) is 10.9 Å². The summed E-state index contributed by atoms with van der Waals surface area (Å²) < 4.78 is 30.8. The van der Waals surface area contributed by atoms with Gasteiger partial charge in [0.25, 0.3) is 5.56 Å². The fraction of sp³-hybridized carbons (Fsp3) is 0.467. The highest BCUT2D eigenvalue weighted by Gasteiger charge is 2.32. The molecule has 1 aliphatic heterocycles.